The third kappa shape index (κ3) is 4.40. The Hall–Kier alpha value is -3.35. The minimum atomic E-state index is -0.489. The van der Waals surface area contributed by atoms with Crippen molar-refractivity contribution < 1.29 is 14.3 Å². The highest BCUT2D eigenvalue weighted by atomic mass is 32.2. The highest BCUT2D eigenvalue weighted by Gasteiger charge is 2.22. The SMILES string of the molecule is CCOc1ccccc1-c1nnc(SC(C)/C(O)=C(\C#N)c2nc3ccccc3s2)o1. The van der Waals surface area contributed by atoms with Crippen LogP contribution in [0.2, 0.25) is 0 Å². The number of hydrogen-bond donors (Lipinski definition) is 1. The summed E-state index contributed by atoms with van der Waals surface area (Å²) in [7, 11) is 0. The van der Waals surface area contributed by atoms with Gasteiger partial charge in [-0.05, 0) is 38.1 Å². The number of nitriles is 1. The molecular formula is C22H18N4O3S2. The van der Waals surface area contributed by atoms with Gasteiger partial charge in [-0.15, -0.1) is 21.5 Å². The van der Waals surface area contributed by atoms with Crippen molar-refractivity contribution in [2.75, 3.05) is 6.61 Å². The van der Waals surface area contributed by atoms with Crippen LogP contribution in [-0.4, -0.2) is 32.1 Å². The van der Waals surface area contributed by atoms with E-state index < -0.39 is 5.25 Å². The summed E-state index contributed by atoms with van der Waals surface area (Å²) in [5, 5.41) is 28.8. The molecule has 1 atom stereocenters. The first-order valence-electron chi connectivity index (χ1n) is 9.52. The van der Waals surface area contributed by atoms with Crippen molar-refractivity contribution in [3.05, 3.63) is 59.3 Å². The van der Waals surface area contributed by atoms with Gasteiger partial charge in [-0.3, -0.25) is 0 Å². The van der Waals surface area contributed by atoms with Crippen LogP contribution in [0, 0.1) is 11.3 Å². The van der Waals surface area contributed by atoms with E-state index in [1.807, 2.05) is 55.5 Å². The van der Waals surface area contributed by atoms with Crippen molar-refractivity contribution in [3.63, 3.8) is 0 Å². The lowest BCUT2D eigenvalue weighted by Crippen LogP contribution is -2.04. The quantitative estimate of drug-likeness (QED) is 0.217. The van der Waals surface area contributed by atoms with Gasteiger partial charge >= 0.3 is 0 Å². The van der Waals surface area contributed by atoms with Gasteiger partial charge in [0, 0.05) is 0 Å². The number of para-hydroxylation sites is 2. The van der Waals surface area contributed by atoms with Crippen molar-refractivity contribution in [3.8, 4) is 23.3 Å². The number of nitrogens with zero attached hydrogens (tertiary/aromatic N) is 4. The Kier molecular flexibility index (Phi) is 6.21. The molecule has 31 heavy (non-hydrogen) atoms. The number of aliphatic hydroxyl groups is 1. The summed E-state index contributed by atoms with van der Waals surface area (Å²) in [4.78, 5) is 4.47. The van der Waals surface area contributed by atoms with Crippen molar-refractivity contribution in [1.29, 1.82) is 5.26 Å². The van der Waals surface area contributed by atoms with Crippen molar-refractivity contribution in [2.45, 2.75) is 24.3 Å². The van der Waals surface area contributed by atoms with Gasteiger partial charge in [0.15, 0.2) is 0 Å². The summed E-state index contributed by atoms with van der Waals surface area (Å²) in [5.41, 5.74) is 1.63. The van der Waals surface area contributed by atoms with Crippen LogP contribution in [0.15, 0.2) is 63.9 Å². The highest BCUT2D eigenvalue weighted by molar-refractivity contribution is 7.99. The number of allylic oxidation sites excluding steroid dienone is 1. The van der Waals surface area contributed by atoms with E-state index in [0.29, 0.717) is 28.8 Å². The lowest BCUT2D eigenvalue weighted by Gasteiger charge is -2.09. The van der Waals surface area contributed by atoms with Crippen LogP contribution >= 0.6 is 23.1 Å². The van der Waals surface area contributed by atoms with Crippen LogP contribution in [-0.2, 0) is 0 Å². The maximum Gasteiger partial charge on any atom is 0.277 e. The first-order valence-corrected chi connectivity index (χ1v) is 11.2. The number of thiazole rings is 1. The summed E-state index contributed by atoms with van der Waals surface area (Å²) < 4.78 is 12.3. The van der Waals surface area contributed by atoms with Gasteiger partial charge < -0.3 is 14.3 Å². The van der Waals surface area contributed by atoms with Gasteiger partial charge in [0.2, 0.25) is 0 Å². The Morgan fingerprint density at radius 3 is 2.77 bits per heavy atom. The van der Waals surface area contributed by atoms with Crippen molar-refractivity contribution >= 4 is 38.9 Å². The number of hydrogen-bond acceptors (Lipinski definition) is 9. The molecule has 0 radical (unpaired) electrons. The first-order chi connectivity index (χ1) is 15.1. The van der Waals surface area contributed by atoms with Crippen LogP contribution in [0.5, 0.6) is 5.75 Å². The molecule has 1 N–H and O–H groups in total. The fraction of sp³-hybridized carbons (Fsp3) is 0.182. The van der Waals surface area contributed by atoms with E-state index in [2.05, 4.69) is 21.3 Å². The Labute approximate surface area is 187 Å². The zero-order valence-electron chi connectivity index (χ0n) is 16.8. The summed E-state index contributed by atoms with van der Waals surface area (Å²) in [6.45, 7) is 4.19. The number of aromatic nitrogens is 3. The topological polar surface area (TPSA) is 105 Å². The molecule has 2 aromatic heterocycles. The standard InChI is InChI=1S/C22H18N4O3S2/c1-3-28-17-10-6-4-8-14(17)20-25-26-22(29-20)30-13(2)19(27)15(12-23)21-24-16-9-5-7-11-18(16)31-21/h4-11,13,27H,3H2,1-2H3/b19-15-. The molecule has 9 heteroatoms. The molecule has 0 aliphatic heterocycles. The van der Waals surface area contributed by atoms with E-state index in [1.54, 1.807) is 6.92 Å². The lowest BCUT2D eigenvalue weighted by atomic mass is 10.2. The second kappa shape index (κ2) is 9.20. The Morgan fingerprint density at radius 1 is 1.23 bits per heavy atom. The van der Waals surface area contributed by atoms with Crippen LogP contribution < -0.4 is 4.74 Å². The van der Waals surface area contributed by atoms with Crippen molar-refractivity contribution in [1.82, 2.24) is 15.2 Å². The molecule has 0 saturated carbocycles. The van der Waals surface area contributed by atoms with Crippen molar-refractivity contribution in [2.24, 2.45) is 0 Å². The van der Waals surface area contributed by atoms with Gasteiger partial charge in [-0.25, -0.2) is 4.98 Å². The number of fused-ring (bicyclic) bond motifs is 1. The fourth-order valence-corrected chi connectivity index (χ4v) is 4.61. The molecule has 4 aromatic rings. The summed E-state index contributed by atoms with van der Waals surface area (Å²) in [5.74, 6) is 0.901. The van der Waals surface area contributed by atoms with E-state index >= 15 is 0 Å². The van der Waals surface area contributed by atoms with E-state index in [9.17, 15) is 10.4 Å². The van der Waals surface area contributed by atoms with E-state index in [0.717, 1.165) is 10.2 Å². The Bertz CT molecular complexity index is 1260. The summed E-state index contributed by atoms with van der Waals surface area (Å²) >= 11 is 2.53. The molecule has 0 aliphatic carbocycles. The second-order valence-corrected chi connectivity index (χ2v) is 8.74. The third-order valence-electron chi connectivity index (χ3n) is 4.36. The maximum atomic E-state index is 10.7. The predicted molar refractivity (Wildman–Crippen MR) is 121 cm³/mol. The fourth-order valence-electron chi connectivity index (χ4n) is 2.90. The van der Waals surface area contributed by atoms with Gasteiger partial charge in [0.1, 0.15) is 28.2 Å². The van der Waals surface area contributed by atoms with Gasteiger partial charge in [0.25, 0.3) is 11.1 Å². The molecule has 0 spiro atoms. The average molecular weight is 451 g/mol. The van der Waals surface area contributed by atoms with Gasteiger partial charge in [-0.1, -0.05) is 36.0 Å². The molecule has 0 amide bonds. The van der Waals surface area contributed by atoms with E-state index in [4.69, 9.17) is 9.15 Å². The molecular weight excluding hydrogens is 432 g/mol. The molecule has 0 fully saturated rings. The lowest BCUT2D eigenvalue weighted by molar-refractivity contribution is 0.340. The number of thioether (sulfide) groups is 1. The smallest absolute Gasteiger partial charge is 0.277 e. The summed E-state index contributed by atoms with van der Waals surface area (Å²) in [6.07, 6.45) is 0. The maximum absolute atomic E-state index is 10.7. The molecule has 0 saturated heterocycles. The minimum Gasteiger partial charge on any atom is -0.510 e. The normalized spacial score (nSPS) is 12.9. The zero-order valence-corrected chi connectivity index (χ0v) is 18.4. The second-order valence-electron chi connectivity index (χ2n) is 6.42. The zero-order chi connectivity index (χ0) is 21.8. The third-order valence-corrected chi connectivity index (χ3v) is 6.36. The number of aliphatic hydroxyl groups excluding tert-OH is 1. The molecule has 0 aliphatic rings. The van der Waals surface area contributed by atoms with Crippen LogP contribution in [0.4, 0.5) is 0 Å². The Morgan fingerprint density at radius 2 is 2.00 bits per heavy atom. The molecule has 7 nitrogen and oxygen atoms in total. The number of ether oxygens (including phenoxy) is 1. The predicted octanol–water partition coefficient (Wildman–Crippen LogP) is 5.72. The molecule has 0 bridgehead atoms. The average Bonchev–Trinajstić information content (AvgIpc) is 3.41. The van der Waals surface area contributed by atoms with Gasteiger partial charge in [0.05, 0.1) is 27.6 Å². The number of rotatable bonds is 7. The van der Waals surface area contributed by atoms with E-state index in [-0.39, 0.29) is 16.6 Å². The monoisotopic (exact) mass is 450 g/mol. The Balaban J connectivity index is 1.58. The molecule has 2 heterocycles. The molecule has 2 aromatic carbocycles. The van der Waals surface area contributed by atoms with Crippen LogP contribution in [0.1, 0.15) is 18.9 Å². The molecule has 156 valence electrons. The highest BCUT2D eigenvalue weighted by Crippen LogP contribution is 2.35. The van der Waals surface area contributed by atoms with Crippen LogP contribution in [0.25, 0.3) is 27.2 Å². The van der Waals surface area contributed by atoms with Gasteiger partial charge in [-0.2, -0.15) is 5.26 Å². The number of benzene rings is 2. The minimum absolute atomic E-state index is 0.0824. The largest absolute Gasteiger partial charge is 0.510 e. The van der Waals surface area contributed by atoms with E-state index in [1.165, 1.54) is 23.1 Å². The first kappa shape index (κ1) is 20.9. The molecule has 1 unspecified atom stereocenters. The van der Waals surface area contributed by atoms with Crippen LogP contribution in [0.3, 0.4) is 0 Å². The summed E-state index contributed by atoms with van der Waals surface area (Å²) in [6, 6.07) is 17.1. The molecule has 4 rings (SSSR count).